The zero-order chi connectivity index (χ0) is 35.0. The molecule has 3 amide bonds. The minimum Gasteiger partial charge on any atom is -0.508 e. The van der Waals surface area contributed by atoms with E-state index in [1.54, 1.807) is 11.4 Å². The Morgan fingerprint density at radius 3 is 2.42 bits per heavy atom. The summed E-state index contributed by atoms with van der Waals surface area (Å²) in [5, 5.41) is 15.4. The Morgan fingerprint density at radius 2 is 1.70 bits per heavy atom. The van der Waals surface area contributed by atoms with Crippen LogP contribution in [0, 0.1) is 5.82 Å². The molecule has 3 aromatic carbocycles. The van der Waals surface area contributed by atoms with Crippen LogP contribution in [0.2, 0.25) is 0 Å². The molecule has 0 bridgehead atoms. The van der Waals surface area contributed by atoms with Crippen LogP contribution in [-0.4, -0.2) is 90.2 Å². The van der Waals surface area contributed by atoms with Crippen LogP contribution in [-0.2, 0) is 25.6 Å². The number of phenolic OH excluding ortho intramolecular Hbond substituents is 1. The van der Waals surface area contributed by atoms with Crippen molar-refractivity contribution < 1.29 is 33.4 Å². The van der Waals surface area contributed by atoms with E-state index in [0.29, 0.717) is 50.0 Å². The Kier molecular flexibility index (Phi) is 11.4. The van der Waals surface area contributed by atoms with Gasteiger partial charge < -0.3 is 29.3 Å². The molecule has 1 saturated heterocycles. The van der Waals surface area contributed by atoms with Crippen molar-refractivity contribution in [3.05, 3.63) is 94.7 Å². The van der Waals surface area contributed by atoms with Gasteiger partial charge in [0.1, 0.15) is 17.6 Å². The molecule has 2 N–H and O–H groups in total. The Hall–Kier alpha value is -4.85. The number of anilines is 2. The summed E-state index contributed by atoms with van der Waals surface area (Å²) in [6, 6.07) is 15.7. The lowest BCUT2D eigenvalue weighted by Crippen LogP contribution is -2.49. The molecule has 262 valence electrons. The van der Waals surface area contributed by atoms with E-state index in [-0.39, 0.29) is 23.8 Å². The molecule has 4 aromatic rings. The molecule has 1 unspecified atom stereocenters. The van der Waals surface area contributed by atoms with Crippen LogP contribution in [0.25, 0.3) is 11.1 Å². The Bertz CT molecular complexity index is 1800. The Morgan fingerprint density at radius 1 is 0.960 bits per heavy atom. The second kappa shape index (κ2) is 16.2. The summed E-state index contributed by atoms with van der Waals surface area (Å²) in [5.41, 5.74) is 3.93. The zero-order valence-electron chi connectivity index (χ0n) is 27.8. The first-order chi connectivity index (χ1) is 24.3. The highest BCUT2D eigenvalue weighted by molar-refractivity contribution is 7.13. The number of amides is 3. The summed E-state index contributed by atoms with van der Waals surface area (Å²) in [6.07, 6.45) is 2.87. The molecule has 6 rings (SSSR count). The summed E-state index contributed by atoms with van der Waals surface area (Å²) < 4.78 is 25.3. The van der Waals surface area contributed by atoms with Gasteiger partial charge in [0.25, 0.3) is 11.8 Å². The van der Waals surface area contributed by atoms with Crippen molar-refractivity contribution in [3.63, 3.8) is 0 Å². The topological polar surface area (TPSA) is 125 Å². The number of carbonyl (C=O) groups excluding carboxylic acids is 3. The van der Waals surface area contributed by atoms with Gasteiger partial charge in [0.2, 0.25) is 5.91 Å². The average molecular weight is 702 g/mol. The molecule has 2 aliphatic rings. The lowest BCUT2D eigenvalue weighted by atomic mass is 10.00. The van der Waals surface area contributed by atoms with E-state index in [1.165, 1.54) is 28.5 Å². The molecule has 50 heavy (non-hydrogen) atoms. The highest BCUT2D eigenvalue weighted by Gasteiger charge is 2.39. The number of aromatic hydroxyl groups is 1. The number of carbonyl (C=O) groups is 3. The van der Waals surface area contributed by atoms with Crippen molar-refractivity contribution in [2.24, 2.45) is 0 Å². The Balaban J connectivity index is 1.09. The number of benzene rings is 3. The van der Waals surface area contributed by atoms with Crippen molar-refractivity contribution in [2.75, 3.05) is 62.8 Å². The van der Waals surface area contributed by atoms with Crippen LogP contribution in [0.5, 0.6) is 5.75 Å². The quantitative estimate of drug-likeness (QED) is 0.166. The lowest BCUT2D eigenvalue weighted by Gasteiger charge is -2.36. The molecular formula is C37H40FN5O6S. The van der Waals surface area contributed by atoms with Gasteiger partial charge in [-0.3, -0.25) is 19.7 Å². The molecule has 1 aromatic heterocycles. The van der Waals surface area contributed by atoms with Gasteiger partial charge in [-0.1, -0.05) is 31.2 Å². The fourth-order valence-corrected chi connectivity index (χ4v) is 6.76. The van der Waals surface area contributed by atoms with Crippen molar-refractivity contribution in [1.82, 2.24) is 14.8 Å². The number of fused-ring (bicyclic) bond motifs is 1. The molecule has 11 nitrogen and oxygen atoms in total. The fourth-order valence-electron chi connectivity index (χ4n) is 6.23. The number of hydrogen-bond acceptors (Lipinski definition) is 9. The van der Waals surface area contributed by atoms with Crippen molar-refractivity contribution in [3.8, 4) is 16.9 Å². The molecule has 1 fully saturated rings. The van der Waals surface area contributed by atoms with Gasteiger partial charge in [0.15, 0.2) is 5.13 Å². The number of thiazole rings is 1. The van der Waals surface area contributed by atoms with E-state index in [1.807, 2.05) is 41.3 Å². The molecule has 0 radical (unpaired) electrons. The minimum absolute atomic E-state index is 0.0149. The summed E-state index contributed by atoms with van der Waals surface area (Å²) in [7, 11) is 0. The summed E-state index contributed by atoms with van der Waals surface area (Å²) in [6.45, 7) is 7.03. The molecule has 3 heterocycles. The zero-order valence-corrected chi connectivity index (χ0v) is 28.7. The summed E-state index contributed by atoms with van der Waals surface area (Å²) in [4.78, 5) is 49.6. The number of ether oxygens (including phenoxy) is 2. The molecule has 1 atom stereocenters. The summed E-state index contributed by atoms with van der Waals surface area (Å²) >= 11 is 1.21. The highest BCUT2D eigenvalue weighted by atomic mass is 32.1. The standard InChI is InChI=1S/C37H40FN5O6S/c1-2-17-48-19-20-49-18-11-33(45)42-15-13-41(14-16-42)29-8-5-25(6-9-29)26-3-4-27-24-43(36(47)30(27)22-26)34(31-23-28(38)7-10-32(31)44)35(46)40-37-39-12-21-50-37/h3-10,12,21-23,34,44H,2,11,13-20,24H2,1H3,(H,39,40,46). The van der Waals surface area contributed by atoms with Gasteiger partial charge in [-0.05, 0) is 59.5 Å². The first-order valence-corrected chi connectivity index (χ1v) is 17.6. The normalized spacial score (nSPS) is 14.9. The number of hydrogen-bond donors (Lipinski definition) is 2. The number of aromatic nitrogens is 1. The maximum absolute atomic E-state index is 14.3. The first-order valence-electron chi connectivity index (χ1n) is 16.7. The molecule has 0 spiro atoms. The second-order valence-corrected chi connectivity index (χ2v) is 13.0. The van der Waals surface area contributed by atoms with Gasteiger partial charge in [-0.2, -0.15) is 0 Å². The Labute approximate surface area is 294 Å². The maximum Gasteiger partial charge on any atom is 0.255 e. The van der Waals surface area contributed by atoms with E-state index in [4.69, 9.17) is 9.47 Å². The number of phenols is 1. The number of nitrogens with one attached hydrogen (secondary N) is 1. The first kappa shape index (κ1) is 35.0. The SMILES string of the molecule is CCCOCCOCCC(=O)N1CCN(c2ccc(-c3ccc4c(c3)C(=O)N(C(C(=O)Nc3nccs3)c3cc(F)ccc3O)C4)cc2)CC1. The highest BCUT2D eigenvalue weighted by Crippen LogP contribution is 2.38. The van der Waals surface area contributed by atoms with Crippen molar-refractivity contribution in [1.29, 1.82) is 0 Å². The number of piperazine rings is 1. The van der Waals surface area contributed by atoms with E-state index < -0.39 is 23.7 Å². The van der Waals surface area contributed by atoms with Gasteiger partial charge in [-0.15, -0.1) is 11.3 Å². The molecule has 2 aliphatic heterocycles. The van der Waals surface area contributed by atoms with Crippen LogP contribution in [0.15, 0.2) is 72.2 Å². The fraction of sp³-hybridized carbons (Fsp3) is 0.351. The van der Waals surface area contributed by atoms with Gasteiger partial charge in [-0.25, -0.2) is 9.37 Å². The van der Waals surface area contributed by atoms with Crippen LogP contribution >= 0.6 is 11.3 Å². The predicted octanol–water partition coefficient (Wildman–Crippen LogP) is 5.47. The van der Waals surface area contributed by atoms with Crippen molar-refractivity contribution in [2.45, 2.75) is 32.4 Å². The van der Waals surface area contributed by atoms with Crippen LogP contribution in [0.3, 0.4) is 0 Å². The van der Waals surface area contributed by atoms with E-state index in [9.17, 15) is 23.9 Å². The van der Waals surface area contributed by atoms with Crippen molar-refractivity contribution >= 4 is 39.9 Å². The van der Waals surface area contributed by atoms with Gasteiger partial charge in [0, 0.05) is 67.7 Å². The maximum atomic E-state index is 14.3. The summed E-state index contributed by atoms with van der Waals surface area (Å²) in [5.74, 6) is -1.85. The van der Waals surface area contributed by atoms with Gasteiger partial charge >= 0.3 is 0 Å². The third kappa shape index (κ3) is 8.12. The van der Waals surface area contributed by atoms with E-state index in [2.05, 4.69) is 22.1 Å². The van der Waals surface area contributed by atoms with Crippen LogP contribution in [0.4, 0.5) is 15.2 Å². The predicted molar refractivity (Wildman–Crippen MR) is 189 cm³/mol. The largest absolute Gasteiger partial charge is 0.508 e. The molecule has 13 heteroatoms. The molecular weight excluding hydrogens is 662 g/mol. The average Bonchev–Trinajstić information content (AvgIpc) is 3.76. The number of halogens is 1. The second-order valence-electron chi connectivity index (χ2n) is 12.1. The van der Waals surface area contributed by atoms with E-state index >= 15 is 0 Å². The number of nitrogens with zero attached hydrogens (tertiary/aromatic N) is 4. The van der Waals surface area contributed by atoms with Crippen LogP contribution < -0.4 is 10.2 Å². The van der Waals surface area contributed by atoms with Gasteiger partial charge in [0.05, 0.1) is 26.2 Å². The molecule has 0 saturated carbocycles. The van der Waals surface area contributed by atoms with E-state index in [0.717, 1.165) is 60.6 Å². The third-order valence-corrected chi connectivity index (χ3v) is 9.52. The molecule has 0 aliphatic carbocycles. The monoisotopic (exact) mass is 701 g/mol. The third-order valence-electron chi connectivity index (χ3n) is 8.83. The smallest absolute Gasteiger partial charge is 0.255 e. The minimum atomic E-state index is -1.29. The van der Waals surface area contributed by atoms with Crippen LogP contribution in [0.1, 0.15) is 47.3 Å². The lowest BCUT2D eigenvalue weighted by molar-refractivity contribution is -0.132. The number of rotatable bonds is 14.